The fraction of sp³-hybridized carbons (Fsp3) is 0.333. The molecule has 2 aromatic carbocycles. The van der Waals surface area contributed by atoms with E-state index in [1.54, 1.807) is 19.2 Å². The Morgan fingerprint density at radius 2 is 1.75 bits per heavy atom. The Balaban J connectivity index is 2.06. The quantitative estimate of drug-likeness (QED) is 0.757. The van der Waals surface area contributed by atoms with E-state index in [1.165, 1.54) is 23.1 Å². The SMILES string of the molecule is COc1ccc2c(c1)[C@H](c1ccc(F)cc1)CC[C@H]2C. The number of rotatable bonds is 2. The Morgan fingerprint density at radius 1 is 1.00 bits per heavy atom. The average molecular weight is 270 g/mol. The Kier molecular flexibility index (Phi) is 3.47. The molecule has 0 aliphatic heterocycles. The van der Waals surface area contributed by atoms with E-state index >= 15 is 0 Å². The minimum Gasteiger partial charge on any atom is -0.497 e. The van der Waals surface area contributed by atoms with E-state index in [1.807, 2.05) is 18.2 Å². The highest BCUT2D eigenvalue weighted by Crippen LogP contribution is 2.43. The summed E-state index contributed by atoms with van der Waals surface area (Å²) in [6, 6.07) is 13.2. The van der Waals surface area contributed by atoms with E-state index in [9.17, 15) is 4.39 Å². The smallest absolute Gasteiger partial charge is 0.123 e. The van der Waals surface area contributed by atoms with Gasteiger partial charge >= 0.3 is 0 Å². The number of hydrogen-bond donors (Lipinski definition) is 0. The summed E-state index contributed by atoms with van der Waals surface area (Å²) in [6.45, 7) is 2.27. The van der Waals surface area contributed by atoms with Gasteiger partial charge in [-0.1, -0.05) is 25.1 Å². The molecule has 20 heavy (non-hydrogen) atoms. The number of fused-ring (bicyclic) bond motifs is 1. The zero-order valence-corrected chi connectivity index (χ0v) is 11.9. The third-order valence-corrected chi connectivity index (χ3v) is 4.36. The number of hydrogen-bond acceptors (Lipinski definition) is 1. The van der Waals surface area contributed by atoms with Crippen LogP contribution >= 0.6 is 0 Å². The molecule has 104 valence electrons. The van der Waals surface area contributed by atoms with Crippen LogP contribution in [0.5, 0.6) is 5.75 Å². The predicted octanol–water partition coefficient (Wildman–Crippen LogP) is 4.86. The fourth-order valence-electron chi connectivity index (χ4n) is 3.20. The first kappa shape index (κ1) is 13.2. The summed E-state index contributed by atoms with van der Waals surface area (Å²) in [4.78, 5) is 0. The number of benzene rings is 2. The maximum Gasteiger partial charge on any atom is 0.123 e. The molecule has 0 bridgehead atoms. The van der Waals surface area contributed by atoms with Crippen LogP contribution in [0.3, 0.4) is 0 Å². The second-order valence-electron chi connectivity index (χ2n) is 5.58. The summed E-state index contributed by atoms with van der Waals surface area (Å²) in [6.07, 6.45) is 2.27. The maximum absolute atomic E-state index is 13.1. The first-order valence-corrected chi connectivity index (χ1v) is 7.12. The lowest BCUT2D eigenvalue weighted by molar-refractivity contribution is 0.412. The summed E-state index contributed by atoms with van der Waals surface area (Å²) in [7, 11) is 1.70. The van der Waals surface area contributed by atoms with Gasteiger partial charge in [0, 0.05) is 5.92 Å². The lowest BCUT2D eigenvalue weighted by Gasteiger charge is -2.30. The van der Waals surface area contributed by atoms with Crippen molar-refractivity contribution in [1.29, 1.82) is 0 Å². The van der Waals surface area contributed by atoms with E-state index in [4.69, 9.17) is 4.74 Å². The van der Waals surface area contributed by atoms with E-state index < -0.39 is 0 Å². The van der Waals surface area contributed by atoms with Crippen molar-refractivity contribution in [1.82, 2.24) is 0 Å². The van der Waals surface area contributed by atoms with Crippen molar-refractivity contribution < 1.29 is 9.13 Å². The highest BCUT2D eigenvalue weighted by Gasteiger charge is 2.26. The minimum absolute atomic E-state index is 0.177. The fourth-order valence-corrected chi connectivity index (χ4v) is 3.20. The highest BCUT2D eigenvalue weighted by atomic mass is 19.1. The topological polar surface area (TPSA) is 9.23 Å². The van der Waals surface area contributed by atoms with Gasteiger partial charge in [0.25, 0.3) is 0 Å². The van der Waals surface area contributed by atoms with Gasteiger partial charge < -0.3 is 4.74 Å². The Hall–Kier alpha value is -1.83. The van der Waals surface area contributed by atoms with Crippen LogP contribution < -0.4 is 4.74 Å². The van der Waals surface area contributed by atoms with Crippen LogP contribution in [-0.4, -0.2) is 7.11 Å². The molecule has 0 amide bonds. The third kappa shape index (κ3) is 2.31. The van der Waals surface area contributed by atoms with E-state index in [2.05, 4.69) is 19.1 Å². The highest BCUT2D eigenvalue weighted by molar-refractivity contribution is 5.45. The molecule has 0 unspecified atom stereocenters. The largest absolute Gasteiger partial charge is 0.497 e. The summed E-state index contributed by atoms with van der Waals surface area (Å²) < 4.78 is 18.5. The molecule has 1 nitrogen and oxygen atoms in total. The summed E-state index contributed by atoms with van der Waals surface area (Å²) in [5.41, 5.74) is 3.91. The molecule has 0 aromatic heterocycles. The molecule has 2 aromatic rings. The molecule has 0 spiro atoms. The Bertz CT molecular complexity index is 603. The number of halogens is 1. The minimum atomic E-state index is -0.177. The molecule has 0 heterocycles. The van der Waals surface area contributed by atoms with E-state index in [-0.39, 0.29) is 5.82 Å². The number of methoxy groups -OCH3 is 1. The van der Waals surface area contributed by atoms with Gasteiger partial charge in [0.05, 0.1) is 7.11 Å². The van der Waals surface area contributed by atoms with Crippen LogP contribution in [0, 0.1) is 5.82 Å². The van der Waals surface area contributed by atoms with Gasteiger partial charge in [-0.25, -0.2) is 4.39 Å². The van der Waals surface area contributed by atoms with Gasteiger partial charge in [0.15, 0.2) is 0 Å². The second-order valence-corrected chi connectivity index (χ2v) is 5.58. The third-order valence-electron chi connectivity index (χ3n) is 4.36. The second kappa shape index (κ2) is 5.28. The van der Waals surface area contributed by atoms with Crippen molar-refractivity contribution in [3.63, 3.8) is 0 Å². The van der Waals surface area contributed by atoms with Gasteiger partial charge in [-0.2, -0.15) is 0 Å². The standard InChI is InChI=1S/C18H19FO/c1-12-3-9-17(13-4-6-14(19)7-5-13)18-11-15(20-2)8-10-16(12)18/h4-8,10-12,17H,3,9H2,1-2H3/t12-,17+/m1/s1. The molecule has 0 N–H and O–H groups in total. The van der Waals surface area contributed by atoms with Crippen LogP contribution in [-0.2, 0) is 0 Å². The van der Waals surface area contributed by atoms with Crippen LogP contribution in [0.4, 0.5) is 4.39 Å². The van der Waals surface area contributed by atoms with Gasteiger partial charge in [-0.3, -0.25) is 0 Å². The molecular formula is C18H19FO. The normalized spacial score (nSPS) is 21.4. The zero-order chi connectivity index (χ0) is 14.1. The lowest BCUT2D eigenvalue weighted by atomic mass is 9.74. The van der Waals surface area contributed by atoms with Gasteiger partial charge in [0.2, 0.25) is 0 Å². The van der Waals surface area contributed by atoms with Crippen molar-refractivity contribution in [3.8, 4) is 5.75 Å². The molecule has 2 heteroatoms. The van der Waals surface area contributed by atoms with Crippen molar-refractivity contribution in [2.24, 2.45) is 0 Å². The van der Waals surface area contributed by atoms with Crippen LogP contribution in [0.1, 0.15) is 48.3 Å². The molecule has 0 saturated carbocycles. The van der Waals surface area contributed by atoms with Gasteiger partial charge in [0.1, 0.15) is 11.6 Å². The molecule has 0 radical (unpaired) electrons. The molecular weight excluding hydrogens is 251 g/mol. The van der Waals surface area contributed by atoms with E-state index in [0.29, 0.717) is 11.8 Å². The van der Waals surface area contributed by atoms with Crippen molar-refractivity contribution >= 4 is 0 Å². The van der Waals surface area contributed by atoms with Crippen LogP contribution in [0.2, 0.25) is 0 Å². The molecule has 2 atom stereocenters. The molecule has 1 aliphatic rings. The Labute approximate surface area is 119 Å². The van der Waals surface area contributed by atoms with Crippen LogP contribution in [0.25, 0.3) is 0 Å². The molecule has 0 saturated heterocycles. The number of ether oxygens (including phenoxy) is 1. The lowest BCUT2D eigenvalue weighted by Crippen LogP contribution is -2.14. The average Bonchev–Trinajstić information content (AvgIpc) is 2.48. The first-order chi connectivity index (χ1) is 9.69. The molecule has 1 aliphatic carbocycles. The van der Waals surface area contributed by atoms with Gasteiger partial charge in [-0.05, 0) is 59.7 Å². The summed E-state index contributed by atoms with van der Waals surface area (Å²) in [5.74, 6) is 1.64. The van der Waals surface area contributed by atoms with Crippen molar-refractivity contribution in [3.05, 3.63) is 65.0 Å². The van der Waals surface area contributed by atoms with Crippen molar-refractivity contribution in [2.45, 2.75) is 31.6 Å². The van der Waals surface area contributed by atoms with Crippen molar-refractivity contribution in [2.75, 3.05) is 7.11 Å². The Morgan fingerprint density at radius 3 is 2.45 bits per heavy atom. The monoisotopic (exact) mass is 270 g/mol. The molecule has 0 fully saturated rings. The summed E-state index contributed by atoms with van der Waals surface area (Å²) in [5, 5.41) is 0. The van der Waals surface area contributed by atoms with E-state index in [0.717, 1.165) is 12.2 Å². The molecule has 3 rings (SSSR count). The first-order valence-electron chi connectivity index (χ1n) is 7.12. The predicted molar refractivity (Wildman–Crippen MR) is 78.9 cm³/mol. The maximum atomic E-state index is 13.1. The summed E-state index contributed by atoms with van der Waals surface area (Å²) >= 11 is 0. The van der Waals surface area contributed by atoms with Gasteiger partial charge in [-0.15, -0.1) is 0 Å². The zero-order valence-electron chi connectivity index (χ0n) is 11.9. The van der Waals surface area contributed by atoms with Crippen LogP contribution in [0.15, 0.2) is 42.5 Å².